The van der Waals surface area contributed by atoms with Crippen LogP contribution in [0.4, 0.5) is 4.39 Å². The van der Waals surface area contributed by atoms with Crippen molar-refractivity contribution in [1.82, 2.24) is 14.5 Å². The van der Waals surface area contributed by atoms with E-state index in [0.29, 0.717) is 22.6 Å². The zero-order valence-corrected chi connectivity index (χ0v) is 16.2. The number of amides is 1. The minimum atomic E-state index is -0.442. The van der Waals surface area contributed by atoms with Crippen LogP contribution in [0, 0.1) is 5.82 Å². The molecule has 3 rings (SSSR count). The molecule has 7 heteroatoms. The Morgan fingerprint density at radius 2 is 2.00 bits per heavy atom. The van der Waals surface area contributed by atoms with E-state index in [2.05, 4.69) is 4.98 Å². The summed E-state index contributed by atoms with van der Waals surface area (Å²) in [5.41, 5.74) is 1.19. The van der Waals surface area contributed by atoms with E-state index in [1.165, 1.54) is 28.5 Å². The van der Waals surface area contributed by atoms with Crippen LogP contribution in [-0.4, -0.2) is 32.7 Å². The van der Waals surface area contributed by atoms with Gasteiger partial charge in [-0.1, -0.05) is 36.0 Å². The molecule has 0 aliphatic heterocycles. The van der Waals surface area contributed by atoms with Gasteiger partial charge in [0, 0.05) is 20.6 Å². The first-order valence-electron chi connectivity index (χ1n) is 8.48. The molecule has 0 spiro atoms. The molecule has 5 nitrogen and oxygen atoms in total. The second-order valence-electron chi connectivity index (χ2n) is 6.36. The van der Waals surface area contributed by atoms with E-state index < -0.39 is 5.25 Å². The largest absolute Gasteiger partial charge is 0.340 e. The lowest BCUT2D eigenvalue weighted by molar-refractivity contribution is -0.129. The highest BCUT2D eigenvalue weighted by Crippen LogP contribution is 2.23. The number of fused-ring (bicyclic) bond motifs is 1. The molecular weight excluding hydrogens is 365 g/mol. The van der Waals surface area contributed by atoms with Crippen molar-refractivity contribution in [3.8, 4) is 0 Å². The van der Waals surface area contributed by atoms with Crippen molar-refractivity contribution in [1.29, 1.82) is 0 Å². The van der Waals surface area contributed by atoms with Gasteiger partial charge in [-0.25, -0.2) is 9.37 Å². The lowest BCUT2D eigenvalue weighted by Gasteiger charge is -2.21. The standard InChI is InChI=1S/C20H20FN3O2S/c1-13(18(25)23(2)12-14-7-6-8-15(21)11-14)27-20-22-17-10-5-4-9-16(17)19(26)24(20)3/h4-11,13H,12H2,1-3H3. The Morgan fingerprint density at radius 3 is 2.74 bits per heavy atom. The second-order valence-corrected chi connectivity index (χ2v) is 7.67. The average molecular weight is 385 g/mol. The minimum absolute atomic E-state index is 0.119. The van der Waals surface area contributed by atoms with Crippen LogP contribution in [0.25, 0.3) is 10.9 Å². The second kappa shape index (κ2) is 7.92. The van der Waals surface area contributed by atoms with Crippen LogP contribution < -0.4 is 5.56 Å². The van der Waals surface area contributed by atoms with Gasteiger partial charge in [-0.15, -0.1) is 0 Å². The molecule has 0 N–H and O–H groups in total. The SMILES string of the molecule is CC(Sc1nc2ccccc2c(=O)n1C)C(=O)N(C)Cc1cccc(F)c1. The van der Waals surface area contributed by atoms with Crippen molar-refractivity contribution in [2.24, 2.45) is 7.05 Å². The van der Waals surface area contributed by atoms with Gasteiger partial charge in [-0.2, -0.15) is 0 Å². The maximum atomic E-state index is 13.3. The summed E-state index contributed by atoms with van der Waals surface area (Å²) < 4.78 is 14.8. The Balaban J connectivity index is 1.77. The van der Waals surface area contributed by atoms with E-state index in [9.17, 15) is 14.0 Å². The Labute approximate surface area is 160 Å². The molecule has 3 aromatic rings. The van der Waals surface area contributed by atoms with Crippen molar-refractivity contribution >= 4 is 28.6 Å². The smallest absolute Gasteiger partial charge is 0.261 e. The molecule has 0 radical (unpaired) electrons. The third kappa shape index (κ3) is 4.19. The van der Waals surface area contributed by atoms with Gasteiger partial charge >= 0.3 is 0 Å². The number of aromatic nitrogens is 2. The molecule has 0 saturated heterocycles. The Bertz CT molecular complexity index is 1050. The maximum Gasteiger partial charge on any atom is 0.261 e. The normalized spacial score (nSPS) is 12.1. The molecule has 0 aliphatic rings. The van der Waals surface area contributed by atoms with Crippen LogP contribution in [0.3, 0.4) is 0 Å². The van der Waals surface area contributed by atoms with Crippen LogP contribution in [0.1, 0.15) is 12.5 Å². The first-order valence-corrected chi connectivity index (χ1v) is 9.36. The van der Waals surface area contributed by atoms with E-state index in [-0.39, 0.29) is 17.3 Å². The number of hydrogen-bond acceptors (Lipinski definition) is 4. The molecule has 1 atom stereocenters. The Hall–Kier alpha value is -2.67. The molecular formula is C20H20FN3O2S. The summed E-state index contributed by atoms with van der Waals surface area (Å²) in [4.78, 5) is 31.2. The zero-order valence-electron chi connectivity index (χ0n) is 15.3. The number of hydrogen-bond donors (Lipinski definition) is 0. The van der Waals surface area contributed by atoms with Crippen LogP contribution in [-0.2, 0) is 18.4 Å². The zero-order chi connectivity index (χ0) is 19.6. The highest BCUT2D eigenvalue weighted by Gasteiger charge is 2.21. The quantitative estimate of drug-likeness (QED) is 0.500. The van der Waals surface area contributed by atoms with Gasteiger partial charge in [0.05, 0.1) is 16.2 Å². The fourth-order valence-electron chi connectivity index (χ4n) is 2.81. The lowest BCUT2D eigenvalue weighted by Crippen LogP contribution is -2.33. The third-order valence-corrected chi connectivity index (χ3v) is 5.39. The predicted molar refractivity (Wildman–Crippen MR) is 105 cm³/mol. The summed E-state index contributed by atoms with van der Waals surface area (Å²) in [6.45, 7) is 2.09. The minimum Gasteiger partial charge on any atom is -0.340 e. The molecule has 0 fully saturated rings. The summed E-state index contributed by atoms with van der Waals surface area (Å²) in [6.07, 6.45) is 0. The number of rotatable bonds is 5. The predicted octanol–water partition coefficient (Wildman–Crippen LogP) is 3.21. The van der Waals surface area contributed by atoms with Gasteiger partial charge in [0.1, 0.15) is 5.82 Å². The molecule has 0 saturated carbocycles. The fraction of sp³-hybridized carbons (Fsp3) is 0.250. The molecule has 1 heterocycles. The monoisotopic (exact) mass is 385 g/mol. The Kier molecular flexibility index (Phi) is 5.60. The van der Waals surface area contributed by atoms with E-state index >= 15 is 0 Å². The number of para-hydroxylation sites is 1. The van der Waals surface area contributed by atoms with Crippen molar-refractivity contribution in [3.05, 3.63) is 70.3 Å². The summed E-state index contributed by atoms with van der Waals surface area (Å²) in [5.74, 6) is -0.446. The van der Waals surface area contributed by atoms with Crippen molar-refractivity contribution in [3.63, 3.8) is 0 Å². The van der Waals surface area contributed by atoms with Gasteiger partial charge in [0.15, 0.2) is 5.16 Å². The van der Waals surface area contributed by atoms with E-state index in [1.807, 2.05) is 6.07 Å². The summed E-state index contributed by atoms with van der Waals surface area (Å²) in [7, 11) is 3.33. The van der Waals surface area contributed by atoms with Crippen LogP contribution in [0.15, 0.2) is 58.5 Å². The number of benzene rings is 2. The number of thioether (sulfide) groups is 1. The number of carbonyl (C=O) groups excluding carboxylic acids is 1. The van der Waals surface area contributed by atoms with Crippen LogP contribution >= 0.6 is 11.8 Å². The van der Waals surface area contributed by atoms with Gasteiger partial charge in [0.2, 0.25) is 5.91 Å². The number of carbonyl (C=O) groups is 1. The van der Waals surface area contributed by atoms with Crippen LogP contribution in [0.2, 0.25) is 0 Å². The first kappa shape index (κ1) is 19.1. The summed E-state index contributed by atoms with van der Waals surface area (Å²) in [6, 6.07) is 13.3. The topological polar surface area (TPSA) is 55.2 Å². The van der Waals surface area contributed by atoms with Crippen molar-refractivity contribution in [2.75, 3.05) is 7.05 Å². The molecule has 140 valence electrons. The van der Waals surface area contributed by atoms with Crippen LogP contribution in [0.5, 0.6) is 0 Å². The Morgan fingerprint density at radius 1 is 1.26 bits per heavy atom. The van der Waals surface area contributed by atoms with Gasteiger partial charge < -0.3 is 4.90 Å². The molecule has 1 unspecified atom stereocenters. The van der Waals surface area contributed by atoms with Gasteiger partial charge in [-0.05, 0) is 36.8 Å². The summed E-state index contributed by atoms with van der Waals surface area (Å²) in [5, 5.41) is 0.591. The molecule has 27 heavy (non-hydrogen) atoms. The molecule has 0 aliphatic carbocycles. The lowest BCUT2D eigenvalue weighted by atomic mass is 10.2. The first-order chi connectivity index (χ1) is 12.9. The maximum absolute atomic E-state index is 13.3. The third-order valence-electron chi connectivity index (χ3n) is 4.26. The molecule has 0 bridgehead atoms. The van der Waals surface area contributed by atoms with E-state index in [4.69, 9.17) is 0 Å². The molecule has 1 aromatic heterocycles. The number of halogens is 1. The van der Waals surface area contributed by atoms with Crippen molar-refractivity contribution in [2.45, 2.75) is 23.9 Å². The number of nitrogens with zero attached hydrogens (tertiary/aromatic N) is 3. The highest BCUT2D eigenvalue weighted by molar-refractivity contribution is 8.00. The van der Waals surface area contributed by atoms with Gasteiger partial charge in [0.25, 0.3) is 5.56 Å². The highest BCUT2D eigenvalue weighted by atomic mass is 32.2. The fourth-order valence-corrected chi connectivity index (χ4v) is 3.80. The molecule has 1 amide bonds. The van der Waals surface area contributed by atoms with Crippen molar-refractivity contribution < 1.29 is 9.18 Å². The van der Waals surface area contributed by atoms with E-state index in [0.717, 1.165) is 5.56 Å². The van der Waals surface area contributed by atoms with E-state index in [1.54, 1.807) is 56.3 Å². The molecule has 2 aromatic carbocycles. The summed E-state index contributed by atoms with van der Waals surface area (Å²) >= 11 is 1.24. The van der Waals surface area contributed by atoms with Gasteiger partial charge in [-0.3, -0.25) is 14.2 Å². The average Bonchev–Trinajstić information content (AvgIpc) is 2.65.